The van der Waals surface area contributed by atoms with Crippen molar-refractivity contribution in [2.45, 2.75) is 32.2 Å². The van der Waals surface area contributed by atoms with Gasteiger partial charge in [0.25, 0.3) is 0 Å². The Labute approximate surface area is 126 Å². The third-order valence-electron chi connectivity index (χ3n) is 4.02. The molecule has 21 heavy (non-hydrogen) atoms. The number of rotatable bonds is 6. The van der Waals surface area contributed by atoms with Crippen LogP contribution in [0.1, 0.15) is 36.2 Å². The van der Waals surface area contributed by atoms with Crippen molar-refractivity contribution in [3.8, 4) is 5.75 Å². The molecule has 3 nitrogen and oxygen atoms in total. The van der Waals surface area contributed by atoms with Crippen molar-refractivity contribution in [1.29, 1.82) is 0 Å². The molecular formula is C18H22N2O. The van der Waals surface area contributed by atoms with Gasteiger partial charge in [-0.05, 0) is 35.7 Å². The van der Waals surface area contributed by atoms with E-state index in [1.165, 1.54) is 11.1 Å². The van der Waals surface area contributed by atoms with Crippen molar-refractivity contribution in [3.63, 3.8) is 0 Å². The number of fused-ring (bicyclic) bond motifs is 1. The van der Waals surface area contributed by atoms with Gasteiger partial charge in [-0.1, -0.05) is 25.1 Å². The van der Waals surface area contributed by atoms with Crippen LogP contribution in [0.15, 0.2) is 42.6 Å². The number of benzene rings is 1. The van der Waals surface area contributed by atoms with E-state index in [1.54, 1.807) is 0 Å². The maximum atomic E-state index is 5.58. The van der Waals surface area contributed by atoms with Gasteiger partial charge in [0.05, 0.1) is 6.61 Å². The first kappa shape index (κ1) is 14.1. The van der Waals surface area contributed by atoms with Gasteiger partial charge in [0.15, 0.2) is 0 Å². The molecular weight excluding hydrogens is 260 g/mol. The van der Waals surface area contributed by atoms with Crippen LogP contribution in [0.2, 0.25) is 0 Å². The SMILES string of the molecule is CCC(NCCc1ccccn1)c1ccc2c(c1)CCO2. The molecule has 3 heteroatoms. The van der Waals surface area contributed by atoms with Crippen LogP contribution in [0.5, 0.6) is 5.75 Å². The van der Waals surface area contributed by atoms with Crippen LogP contribution < -0.4 is 10.1 Å². The summed E-state index contributed by atoms with van der Waals surface area (Å²) < 4.78 is 5.58. The van der Waals surface area contributed by atoms with Crippen LogP contribution in [0.25, 0.3) is 0 Å². The first-order valence-electron chi connectivity index (χ1n) is 7.75. The molecule has 0 spiro atoms. The van der Waals surface area contributed by atoms with Gasteiger partial charge >= 0.3 is 0 Å². The minimum Gasteiger partial charge on any atom is -0.493 e. The summed E-state index contributed by atoms with van der Waals surface area (Å²) in [6.07, 6.45) is 4.94. The minimum atomic E-state index is 0.402. The number of nitrogens with zero attached hydrogens (tertiary/aromatic N) is 1. The van der Waals surface area contributed by atoms with E-state index in [-0.39, 0.29) is 0 Å². The third kappa shape index (κ3) is 3.42. The average Bonchev–Trinajstić information content (AvgIpc) is 3.00. The van der Waals surface area contributed by atoms with E-state index >= 15 is 0 Å². The summed E-state index contributed by atoms with van der Waals surface area (Å²) in [5.74, 6) is 1.06. The summed E-state index contributed by atoms with van der Waals surface area (Å²) in [7, 11) is 0. The van der Waals surface area contributed by atoms with E-state index in [9.17, 15) is 0 Å². The van der Waals surface area contributed by atoms with Gasteiger partial charge in [-0.2, -0.15) is 0 Å². The maximum Gasteiger partial charge on any atom is 0.122 e. The van der Waals surface area contributed by atoms with Gasteiger partial charge in [-0.3, -0.25) is 4.98 Å². The molecule has 0 bridgehead atoms. The Morgan fingerprint density at radius 3 is 3.05 bits per heavy atom. The molecule has 110 valence electrons. The first-order chi connectivity index (χ1) is 10.4. The average molecular weight is 282 g/mol. The minimum absolute atomic E-state index is 0.402. The second kappa shape index (κ2) is 6.72. The Morgan fingerprint density at radius 1 is 1.29 bits per heavy atom. The summed E-state index contributed by atoms with van der Waals surface area (Å²) >= 11 is 0. The molecule has 3 rings (SSSR count). The Hall–Kier alpha value is -1.87. The lowest BCUT2D eigenvalue weighted by Gasteiger charge is -2.18. The number of pyridine rings is 1. The predicted molar refractivity (Wildman–Crippen MR) is 84.6 cm³/mol. The quantitative estimate of drug-likeness (QED) is 0.882. The van der Waals surface area contributed by atoms with Crippen LogP contribution in [-0.4, -0.2) is 18.1 Å². The van der Waals surface area contributed by atoms with E-state index in [0.29, 0.717) is 6.04 Å². The summed E-state index contributed by atoms with van der Waals surface area (Å²) in [6, 6.07) is 13.1. The van der Waals surface area contributed by atoms with Gasteiger partial charge in [-0.25, -0.2) is 0 Å². The van der Waals surface area contributed by atoms with Gasteiger partial charge in [0.1, 0.15) is 5.75 Å². The summed E-state index contributed by atoms with van der Waals surface area (Å²) in [4.78, 5) is 4.36. The third-order valence-corrected chi connectivity index (χ3v) is 4.02. The molecule has 2 aromatic rings. The highest BCUT2D eigenvalue weighted by Gasteiger charge is 2.15. The summed E-state index contributed by atoms with van der Waals surface area (Å²) in [6.45, 7) is 3.99. The number of aromatic nitrogens is 1. The molecule has 0 fully saturated rings. The molecule has 0 aliphatic carbocycles. The normalized spacial score (nSPS) is 14.5. The van der Waals surface area contributed by atoms with E-state index in [0.717, 1.165) is 43.9 Å². The fraction of sp³-hybridized carbons (Fsp3) is 0.389. The van der Waals surface area contributed by atoms with E-state index < -0.39 is 0 Å². The van der Waals surface area contributed by atoms with Gasteiger partial charge < -0.3 is 10.1 Å². The van der Waals surface area contributed by atoms with Crippen LogP contribution in [-0.2, 0) is 12.8 Å². The molecule has 0 saturated heterocycles. The molecule has 0 amide bonds. The van der Waals surface area contributed by atoms with Crippen molar-refractivity contribution >= 4 is 0 Å². The topological polar surface area (TPSA) is 34.2 Å². The highest BCUT2D eigenvalue weighted by molar-refractivity contribution is 5.40. The van der Waals surface area contributed by atoms with Crippen LogP contribution in [0, 0.1) is 0 Å². The van der Waals surface area contributed by atoms with Gasteiger partial charge in [0, 0.05) is 37.3 Å². The Morgan fingerprint density at radius 2 is 2.24 bits per heavy atom. The zero-order valence-electron chi connectivity index (χ0n) is 12.5. The molecule has 0 saturated carbocycles. The zero-order valence-corrected chi connectivity index (χ0v) is 12.5. The lowest BCUT2D eigenvalue weighted by molar-refractivity contribution is 0.356. The van der Waals surface area contributed by atoms with Crippen LogP contribution >= 0.6 is 0 Å². The lowest BCUT2D eigenvalue weighted by atomic mass is 10.0. The number of ether oxygens (including phenoxy) is 1. The second-order valence-corrected chi connectivity index (χ2v) is 5.45. The molecule has 1 aliphatic heterocycles. The van der Waals surface area contributed by atoms with Crippen molar-refractivity contribution in [3.05, 3.63) is 59.4 Å². The Bertz CT molecular complexity index is 583. The van der Waals surface area contributed by atoms with Crippen molar-refractivity contribution < 1.29 is 4.74 Å². The molecule has 1 N–H and O–H groups in total. The molecule has 0 radical (unpaired) electrons. The predicted octanol–water partition coefficient (Wildman–Crippen LogP) is 3.30. The number of nitrogens with one attached hydrogen (secondary N) is 1. The summed E-state index contributed by atoms with van der Waals surface area (Å²) in [5, 5.41) is 3.64. The zero-order chi connectivity index (χ0) is 14.5. The van der Waals surface area contributed by atoms with Crippen molar-refractivity contribution in [2.75, 3.05) is 13.2 Å². The lowest BCUT2D eigenvalue weighted by Crippen LogP contribution is -2.23. The van der Waals surface area contributed by atoms with E-state index in [2.05, 4.69) is 41.5 Å². The largest absolute Gasteiger partial charge is 0.493 e. The Balaban J connectivity index is 1.60. The van der Waals surface area contributed by atoms with E-state index in [1.807, 2.05) is 18.3 Å². The Kier molecular flexibility index (Phi) is 4.51. The van der Waals surface area contributed by atoms with E-state index in [4.69, 9.17) is 4.74 Å². The fourth-order valence-corrected chi connectivity index (χ4v) is 2.84. The molecule has 1 atom stereocenters. The molecule has 1 unspecified atom stereocenters. The van der Waals surface area contributed by atoms with Crippen LogP contribution in [0.3, 0.4) is 0 Å². The highest BCUT2D eigenvalue weighted by Crippen LogP contribution is 2.29. The van der Waals surface area contributed by atoms with Crippen molar-refractivity contribution in [2.24, 2.45) is 0 Å². The second-order valence-electron chi connectivity index (χ2n) is 5.45. The summed E-state index contributed by atoms with van der Waals surface area (Å²) in [5.41, 5.74) is 3.85. The number of hydrogen-bond donors (Lipinski definition) is 1. The van der Waals surface area contributed by atoms with Crippen molar-refractivity contribution in [1.82, 2.24) is 10.3 Å². The molecule has 1 aromatic carbocycles. The highest BCUT2D eigenvalue weighted by atomic mass is 16.5. The number of hydrogen-bond acceptors (Lipinski definition) is 3. The molecule has 1 aromatic heterocycles. The standard InChI is InChI=1S/C18H22N2O/c1-2-17(20-11-8-16-5-3-4-10-19-16)14-6-7-18-15(13-14)9-12-21-18/h3-7,10,13,17,20H,2,8-9,11-12H2,1H3. The first-order valence-corrected chi connectivity index (χ1v) is 7.75. The van der Waals surface area contributed by atoms with Crippen LogP contribution in [0.4, 0.5) is 0 Å². The smallest absolute Gasteiger partial charge is 0.122 e. The fourth-order valence-electron chi connectivity index (χ4n) is 2.84. The molecule has 2 heterocycles. The monoisotopic (exact) mass is 282 g/mol. The maximum absolute atomic E-state index is 5.58. The van der Waals surface area contributed by atoms with Gasteiger partial charge in [-0.15, -0.1) is 0 Å². The molecule has 1 aliphatic rings. The van der Waals surface area contributed by atoms with Gasteiger partial charge in [0.2, 0.25) is 0 Å².